The first-order valence-electron chi connectivity index (χ1n) is 26.4. The van der Waals surface area contributed by atoms with Gasteiger partial charge in [0.15, 0.2) is 0 Å². The molecule has 3 heterocycles. The summed E-state index contributed by atoms with van der Waals surface area (Å²) < 4.78 is 100. The number of hydrogen-bond acceptors (Lipinski definition) is 4. The molecule has 0 unspecified atom stereocenters. The maximum absolute atomic E-state index is 14.6. The van der Waals surface area contributed by atoms with Crippen LogP contribution in [0, 0.1) is 64.9 Å². The van der Waals surface area contributed by atoms with E-state index in [-0.39, 0.29) is 46.0 Å². The second-order valence-electron chi connectivity index (χ2n) is 22.3. The number of piperazine rings is 1. The molecule has 0 aliphatic carbocycles. The lowest BCUT2D eigenvalue weighted by Gasteiger charge is -2.40. The SMILES string of the molecule is CC(C)c1cc(F)c(N2CCC(C(C)(C)C)CC2)c(F)c1.CC(C)c1cc(F)c(N2CCC(CCCc3ccccc3)CC2)c(F)c1.Cc1cc(C(C)C)cc(F)c1N1CCN(c2c(F)cccc2F)CC1. The van der Waals surface area contributed by atoms with Crippen LogP contribution in [0.3, 0.4) is 0 Å². The summed E-state index contributed by atoms with van der Waals surface area (Å²) >= 11 is 0. The van der Waals surface area contributed by atoms with Gasteiger partial charge in [-0.05, 0) is 157 Å². The minimum absolute atomic E-state index is 0.00880. The van der Waals surface area contributed by atoms with Crippen LogP contribution in [0.1, 0.15) is 146 Å². The first-order chi connectivity index (χ1) is 34.1. The van der Waals surface area contributed by atoms with E-state index in [1.807, 2.05) is 75.3 Å². The molecule has 0 aromatic heterocycles. The van der Waals surface area contributed by atoms with Crippen molar-refractivity contribution < 1.29 is 30.7 Å². The summed E-state index contributed by atoms with van der Waals surface area (Å²) in [7, 11) is 0. The average molecular weight is 1000 g/mol. The van der Waals surface area contributed by atoms with Gasteiger partial charge in [0, 0.05) is 52.4 Å². The van der Waals surface area contributed by atoms with E-state index in [2.05, 4.69) is 45.0 Å². The summed E-state index contributed by atoms with van der Waals surface area (Å²) in [6.07, 6.45) is 7.50. The van der Waals surface area contributed by atoms with Gasteiger partial charge < -0.3 is 19.6 Å². The first kappa shape index (κ1) is 56.1. The molecule has 5 aromatic carbocycles. The molecule has 0 spiro atoms. The van der Waals surface area contributed by atoms with Gasteiger partial charge in [0.25, 0.3) is 0 Å². The number of benzene rings is 5. The second-order valence-corrected chi connectivity index (χ2v) is 22.3. The van der Waals surface area contributed by atoms with Crippen LogP contribution in [-0.4, -0.2) is 52.4 Å². The monoisotopic (exact) mass is 1000 g/mol. The lowest BCUT2D eigenvalue weighted by Crippen LogP contribution is -2.47. The number of halogens is 7. The van der Waals surface area contributed by atoms with E-state index in [1.54, 1.807) is 11.0 Å². The number of nitrogens with zero attached hydrogens (tertiary/aromatic N) is 4. The molecule has 8 rings (SSSR count). The molecule has 3 fully saturated rings. The van der Waals surface area contributed by atoms with Gasteiger partial charge in [0.1, 0.15) is 57.8 Å². The van der Waals surface area contributed by atoms with Gasteiger partial charge in [-0.3, -0.25) is 0 Å². The Balaban J connectivity index is 0.000000178. The lowest BCUT2D eigenvalue weighted by molar-refractivity contribution is 0.198. The molecule has 5 aromatic rings. The Kier molecular flexibility index (Phi) is 19.6. The molecule has 392 valence electrons. The predicted octanol–water partition coefficient (Wildman–Crippen LogP) is 16.5. The summed E-state index contributed by atoms with van der Waals surface area (Å²) in [5, 5.41) is 0. The average Bonchev–Trinajstić information content (AvgIpc) is 3.32. The third-order valence-electron chi connectivity index (χ3n) is 15.1. The van der Waals surface area contributed by atoms with Crippen molar-refractivity contribution in [2.75, 3.05) is 72.0 Å². The standard InChI is InChI=1S/C23H29F2N.C20H23F3N2.C18H27F2N/c1-17(2)20-15-21(24)23(22(25)16-20)26-13-11-19(12-14-26)10-6-9-18-7-4-3-5-8-18;1-13(2)15-11-14(3)19(18(23)12-15)24-7-9-25(10-8-24)20-16(21)5-4-6-17(20)22;1-12(2)13-10-15(19)17(16(20)11-13)21-8-6-14(7-9-21)18(3,4)5/h3-5,7-8,15-17,19H,6,9-14H2,1-2H3;4-6,11-13H,7-10H2,1-3H3;10-12,14H,6-9H2,1-5H3. The highest BCUT2D eigenvalue weighted by Gasteiger charge is 2.31. The zero-order chi connectivity index (χ0) is 52.4. The molecule has 0 N–H and O–H groups in total. The molecule has 0 saturated carbocycles. The molecule has 3 saturated heterocycles. The van der Waals surface area contributed by atoms with Crippen LogP contribution >= 0.6 is 0 Å². The molecule has 0 amide bonds. The van der Waals surface area contributed by atoms with Crippen molar-refractivity contribution in [3.05, 3.63) is 153 Å². The van der Waals surface area contributed by atoms with Crippen molar-refractivity contribution in [1.29, 1.82) is 0 Å². The van der Waals surface area contributed by atoms with E-state index in [0.29, 0.717) is 43.7 Å². The van der Waals surface area contributed by atoms with Crippen molar-refractivity contribution in [3.8, 4) is 0 Å². The number of para-hydroxylation sites is 1. The van der Waals surface area contributed by atoms with Gasteiger partial charge in [-0.1, -0.05) is 105 Å². The van der Waals surface area contributed by atoms with Crippen LogP contribution in [0.25, 0.3) is 0 Å². The fourth-order valence-corrected chi connectivity index (χ4v) is 10.5. The summed E-state index contributed by atoms with van der Waals surface area (Å²) in [5.41, 5.74) is 5.90. The summed E-state index contributed by atoms with van der Waals surface area (Å²) in [6.45, 7) is 25.4. The fraction of sp³-hybridized carbons (Fsp3) is 0.508. The maximum Gasteiger partial charge on any atom is 0.149 e. The van der Waals surface area contributed by atoms with E-state index < -0.39 is 34.9 Å². The molecule has 72 heavy (non-hydrogen) atoms. The third kappa shape index (κ3) is 14.5. The van der Waals surface area contributed by atoms with Crippen molar-refractivity contribution >= 4 is 22.7 Å². The number of hydrogen-bond donors (Lipinski definition) is 0. The first-order valence-corrected chi connectivity index (χ1v) is 26.4. The van der Waals surface area contributed by atoms with Crippen LogP contribution in [0.4, 0.5) is 53.5 Å². The second kappa shape index (κ2) is 25.2. The number of aryl methyl sites for hydroxylation is 2. The number of anilines is 4. The summed E-state index contributed by atoms with van der Waals surface area (Å²) in [5.74, 6) is -1.22. The van der Waals surface area contributed by atoms with Crippen LogP contribution in [0.5, 0.6) is 0 Å². The van der Waals surface area contributed by atoms with Crippen LogP contribution < -0.4 is 19.6 Å². The molecular weight excluding hydrogens is 922 g/mol. The Morgan fingerprint density at radius 2 is 0.806 bits per heavy atom. The van der Waals surface area contributed by atoms with E-state index >= 15 is 0 Å². The molecule has 0 radical (unpaired) electrons. The Bertz CT molecular complexity index is 2420. The van der Waals surface area contributed by atoms with Gasteiger partial charge in [-0.15, -0.1) is 0 Å². The Labute approximate surface area is 426 Å². The highest BCUT2D eigenvalue weighted by Crippen LogP contribution is 2.38. The number of piperidine rings is 2. The topological polar surface area (TPSA) is 13.0 Å². The van der Waals surface area contributed by atoms with E-state index in [1.165, 1.54) is 60.9 Å². The van der Waals surface area contributed by atoms with Crippen molar-refractivity contribution in [2.24, 2.45) is 17.3 Å². The molecule has 3 aliphatic heterocycles. The van der Waals surface area contributed by atoms with Crippen LogP contribution in [0.2, 0.25) is 0 Å². The zero-order valence-corrected chi connectivity index (χ0v) is 44.5. The number of rotatable bonds is 11. The Morgan fingerprint density at radius 3 is 1.21 bits per heavy atom. The van der Waals surface area contributed by atoms with Gasteiger partial charge in [0.05, 0.1) is 5.69 Å². The molecular formula is C61H79F7N4. The van der Waals surface area contributed by atoms with Gasteiger partial charge >= 0.3 is 0 Å². The van der Waals surface area contributed by atoms with Crippen molar-refractivity contribution in [3.63, 3.8) is 0 Å². The predicted molar refractivity (Wildman–Crippen MR) is 286 cm³/mol. The van der Waals surface area contributed by atoms with Crippen molar-refractivity contribution in [2.45, 2.75) is 132 Å². The quantitative estimate of drug-likeness (QED) is 0.122. The lowest BCUT2D eigenvalue weighted by atomic mass is 9.75. The molecule has 11 heteroatoms. The van der Waals surface area contributed by atoms with Gasteiger partial charge in [-0.25, -0.2) is 30.7 Å². The molecule has 3 aliphatic rings. The van der Waals surface area contributed by atoms with E-state index in [9.17, 15) is 30.7 Å². The van der Waals surface area contributed by atoms with Crippen molar-refractivity contribution in [1.82, 2.24) is 0 Å². The van der Waals surface area contributed by atoms with Gasteiger partial charge in [0.2, 0.25) is 0 Å². The highest BCUT2D eigenvalue weighted by molar-refractivity contribution is 5.59. The largest absolute Gasteiger partial charge is 0.367 e. The minimum atomic E-state index is -0.558. The third-order valence-corrected chi connectivity index (χ3v) is 15.1. The highest BCUT2D eigenvalue weighted by atomic mass is 19.2. The smallest absolute Gasteiger partial charge is 0.149 e. The van der Waals surface area contributed by atoms with E-state index in [0.717, 1.165) is 80.5 Å². The van der Waals surface area contributed by atoms with E-state index in [4.69, 9.17) is 0 Å². The fourth-order valence-electron chi connectivity index (χ4n) is 10.5. The Hall–Kier alpha value is -5.19. The normalized spacial score (nSPS) is 16.1. The molecule has 4 nitrogen and oxygen atoms in total. The maximum atomic E-state index is 14.6. The van der Waals surface area contributed by atoms with Gasteiger partial charge in [-0.2, -0.15) is 0 Å². The van der Waals surface area contributed by atoms with Crippen LogP contribution in [0.15, 0.2) is 84.9 Å². The minimum Gasteiger partial charge on any atom is -0.367 e. The summed E-state index contributed by atoms with van der Waals surface area (Å²) in [6, 6.07) is 24.0. The zero-order valence-electron chi connectivity index (χ0n) is 44.5. The van der Waals surface area contributed by atoms with Crippen LogP contribution in [-0.2, 0) is 6.42 Å². The molecule has 0 bridgehead atoms. The molecule has 0 atom stereocenters. The Morgan fingerprint density at radius 1 is 0.444 bits per heavy atom. The summed E-state index contributed by atoms with van der Waals surface area (Å²) in [4.78, 5) is 7.42.